The largest absolute Gasteiger partial charge is 0.489 e. The van der Waals surface area contributed by atoms with E-state index in [9.17, 15) is 9.59 Å². The highest BCUT2D eigenvalue weighted by atomic mass is 16.5. The van der Waals surface area contributed by atoms with Crippen LogP contribution in [0.4, 0.5) is 0 Å². The first-order valence-electron chi connectivity index (χ1n) is 13.5. The van der Waals surface area contributed by atoms with Crippen molar-refractivity contribution in [3.05, 3.63) is 131 Å². The summed E-state index contributed by atoms with van der Waals surface area (Å²) in [5.74, 6) is 5.21. The fourth-order valence-electron chi connectivity index (χ4n) is 3.46. The molecule has 1 amide bonds. The summed E-state index contributed by atoms with van der Waals surface area (Å²) in [4.78, 5) is 22.1. The Labute approximate surface area is 261 Å². The summed E-state index contributed by atoms with van der Waals surface area (Å²) in [5.41, 5.74) is 8.72. The Morgan fingerprint density at radius 2 is 1.07 bits per heavy atom. The maximum absolute atomic E-state index is 11.5. The lowest BCUT2D eigenvalue weighted by Crippen LogP contribution is -2.25. The third kappa shape index (κ3) is 16.1. The average molecular weight is 593 g/mol. The van der Waals surface area contributed by atoms with Crippen LogP contribution in [0.25, 0.3) is 0 Å². The number of aliphatic carboxylic acids is 1. The Morgan fingerprint density at radius 1 is 0.659 bits per heavy atom. The summed E-state index contributed by atoms with van der Waals surface area (Å²) in [5, 5.41) is 11.3. The second-order valence-corrected chi connectivity index (χ2v) is 8.97. The van der Waals surface area contributed by atoms with Crippen molar-refractivity contribution in [2.45, 2.75) is 33.5 Å². The molecule has 4 N–H and O–H groups in total. The molecule has 0 aliphatic rings. The molecular formula is C37H40N2O5. The molecule has 0 atom stereocenters. The molecule has 0 fully saturated rings. The highest BCUT2D eigenvalue weighted by Gasteiger charge is 2.03. The predicted molar refractivity (Wildman–Crippen MR) is 176 cm³/mol. The summed E-state index contributed by atoms with van der Waals surface area (Å²) in [7, 11) is 0. The van der Waals surface area contributed by atoms with Gasteiger partial charge in [0.05, 0.1) is 25.9 Å². The Hall–Kier alpha value is -5.50. The number of carboxylic acids is 1. The molecule has 0 bridgehead atoms. The molecule has 0 spiro atoms. The molecule has 228 valence electrons. The first kappa shape index (κ1) is 36.5. The monoisotopic (exact) mass is 592 g/mol. The number of terminal acetylenes is 2. The Kier molecular flexibility index (Phi) is 18.4. The SMILES string of the molecule is C.C#CCN.C#CCNC(=O)Cc1ccc(OCc2ccccc2)cc1.O=C(O)Cc1ccc(OCc2ccccc2)cc1. The van der Waals surface area contributed by atoms with Gasteiger partial charge in [-0.25, -0.2) is 0 Å². The fourth-order valence-corrected chi connectivity index (χ4v) is 3.46. The zero-order valence-corrected chi connectivity index (χ0v) is 23.9. The zero-order valence-electron chi connectivity index (χ0n) is 23.9. The molecule has 0 saturated carbocycles. The number of benzene rings is 4. The van der Waals surface area contributed by atoms with Gasteiger partial charge in [0.2, 0.25) is 5.91 Å². The third-order valence-corrected chi connectivity index (χ3v) is 5.57. The smallest absolute Gasteiger partial charge is 0.307 e. The second kappa shape index (κ2) is 22.1. The normalized spacial score (nSPS) is 9.16. The van der Waals surface area contributed by atoms with Crippen LogP contribution in [0.2, 0.25) is 0 Å². The number of nitrogens with one attached hydrogen (secondary N) is 1. The minimum atomic E-state index is -0.826. The minimum Gasteiger partial charge on any atom is -0.489 e. The lowest BCUT2D eigenvalue weighted by molar-refractivity contribution is -0.136. The van der Waals surface area contributed by atoms with Crippen molar-refractivity contribution in [1.29, 1.82) is 0 Å². The van der Waals surface area contributed by atoms with Gasteiger partial charge in [-0.1, -0.05) is 104 Å². The quantitative estimate of drug-likeness (QED) is 0.194. The summed E-state index contributed by atoms with van der Waals surface area (Å²) in [6, 6.07) is 34.5. The molecule has 0 unspecified atom stereocenters. The van der Waals surface area contributed by atoms with Gasteiger partial charge in [-0.2, -0.15) is 0 Å². The van der Waals surface area contributed by atoms with E-state index in [1.165, 1.54) is 0 Å². The van der Waals surface area contributed by atoms with Gasteiger partial charge in [-0.15, -0.1) is 12.8 Å². The predicted octanol–water partition coefficient (Wildman–Crippen LogP) is 5.66. The number of ether oxygens (including phenoxy) is 2. The molecule has 0 saturated heterocycles. The van der Waals surface area contributed by atoms with E-state index in [1.54, 1.807) is 24.3 Å². The number of rotatable bonds is 11. The number of nitrogens with two attached hydrogens (primary N) is 1. The number of carbonyl (C=O) groups is 2. The molecule has 4 rings (SSSR count). The molecule has 0 aliphatic carbocycles. The highest BCUT2D eigenvalue weighted by molar-refractivity contribution is 5.78. The van der Waals surface area contributed by atoms with Gasteiger partial charge < -0.3 is 25.6 Å². The number of amides is 1. The van der Waals surface area contributed by atoms with E-state index in [1.807, 2.05) is 84.9 Å². The van der Waals surface area contributed by atoms with Gasteiger partial charge in [0.1, 0.15) is 24.7 Å². The van der Waals surface area contributed by atoms with Crippen molar-refractivity contribution in [2.75, 3.05) is 13.1 Å². The second-order valence-electron chi connectivity index (χ2n) is 8.97. The topological polar surface area (TPSA) is 111 Å². The van der Waals surface area contributed by atoms with Crippen molar-refractivity contribution in [2.24, 2.45) is 5.73 Å². The van der Waals surface area contributed by atoms with Crippen LogP contribution in [-0.4, -0.2) is 30.1 Å². The Balaban J connectivity index is 0.000000388. The fraction of sp³-hybridized carbons (Fsp3) is 0.189. The maximum Gasteiger partial charge on any atom is 0.307 e. The average Bonchev–Trinajstić information content (AvgIpc) is 3.04. The lowest BCUT2D eigenvalue weighted by Gasteiger charge is -2.07. The van der Waals surface area contributed by atoms with Crippen LogP contribution in [0.15, 0.2) is 109 Å². The lowest BCUT2D eigenvalue weighted by atomic mass is 10.1. The third-order valence-electron chi connectivity index (χ3n) is 5.57. The van der Waals surface area contributed by atoms with Crippen LogP contribution in [0.5, 0.6) is 11.5 Å². The molecule has 0 aromatic heterocycles. The minimum absolute atomic E-state index is 0. The molecule has 0 radical (unpaired) electrons. The van der Waals surface area contributed by atoms with E-state index in [0.717, 1.165) is 33.8 Å². The number of carboxylic acid groups (broad SMARTS) is 1. The van der Waals surface area contributed by atoms with Crippen molar-refractivity contribution in [3.8, 4) is 36.2 Å². The van der Waals surface area contributed by atoms with Gasteiger partial charge in [0.15, 0.2) is 0 Å². The molecule has 0 aliphatic heterocycles. The van der Waals surface area contributed by atoms with Crippen LogP contribution in [0.3, 0.4) is 0 Å². The van der Waals surface area contributed by atoms with E-state index in [-0.39, 0.29) is 26.3 Å². The number of hydrogen-bond acceptors (Lipinski definition) is 5. The van der Waals surface area contributed by atoms with E-state index >= 15 is 0 Å². The standard InChI is InChI=1S/C18H17NO2.C15H14O3.C3H5N.CH4/c1-2-12-19-18(20)13-15-8-10-17(11-9-15)21-14-16-6-4-3-5-7-16;16-15(17)10-12-6-8-14(9-7-12)18-11-13-4-2-1-3-5-13;1-2-3-4;/h1,3-11H,12-14H2,(H,19,20);1-9H,10-11H2,(H,16,17);1H,3-4H2;1H4. The highest BCUT2D eigenvalue weighted by Crippen LogP contribution is 2.15. The molecule has 0 heterocycles. The summed E-state index contributed by atoms with van der Waals surface area (Å²) < 4.78 is 11.3. The van der Waals surface area contributed by atoms with Gasteiger partial charge in [0, 0.05) is 0 Å². The Morgan fingerprint density at radius 3 is 1.43 bits per heavy atom. The van der Waals surface area contributed by atoms with E-state index < -0.39 is 5.97 Å². The van der Waals surface area contributed by atoms with Crippen LogP contribution >= 0.6 is 0 Å². The molecule has 4 aromatic carbocycles. The van der Waals surface area contributed by atoms with Crippen molar-refractivity contribution in [3.63, 3.8) is 0 Å². The Bertz CT molecular complexity index is 1440. The van der Waals surface area contributed by atoms with E-state index in [2.05, 4.69) is 23.6 Å². The summed E-state index contributed by atoms with van der Waals surface area (Å²) in [6.07, 6.45) is 10.1. The first-order valence-corrected chi connectivity index (χ1v) is 13.5. The van der Waals surface area contributed by atoms with Gasteiger partial charge >= 0.3 is 5.97 Å². The summed E-state index contributed by atoms with van der Waals surface area (Å²) >= 11 is 0. The van der Waals surface area contributed by atoms with Gasteiger partial charge in [-0.05, 0) is 46.5 Å². The number of hydrogen-bond donors (Lipinski definition) is 3. The van der Waals surface area contributed by atoms with Gasteiger partial charge in [-0.3, -0.25) is 9.59 Å². The van der Waals surface area contributed by atoms with E-state index in [4.69, 9.17) is 26.7 Å². The van der Waals surface area contributed by atoms with Crippen molar-refractivity contribution >= 4 is 11.9 Å². The van der Waals surface area contributed by atoms with Gasteiger partial charge in [0.25, 0.3) is 0 Å². The van der Waals surface area contributed by atoms with Crippen LogP contribution in [-0.2, 0) is 35.6 Å². The molecular weight excluding hydrogens is 552 g/mol. The first-order chi connectivity index (χ1) is 20.9. The summed E-state index contributed by atoms with van der Waals surface area (Å²) in [6.45, 7) is 1.65. The number of carbonyl (C=O) groups excluding carboxylic acids is 1. The molecule has 7 nitrogen and oxygen atoms in total. The molecule has 7 heteroatoms. The zero-order chi connectivity index (χ0) is 31.1. The van der Waals surface area contributed by atoms with Crippen molar-refractivity contribution in [1.82, 2.24) is 5.32 Å². The van der Waals surface area contributed by atoms with Crippen molar-refractivity contribution < 1.29 is 24.2 Å². The molecule has 4 aromatic rings. The molecule has 44 heavy (non-hydrogen) atoms. The van der Waals surface area contributed by atoms with Crippen LogP contribution in [0.1, 0.15) is 29.7 Å². The van der Waals surface area contributed by atoms with Crippen LogP contribution < -0.4 is 20.5 Å². The van der Waals surface area contributed by atoms with Crippen LogP contribution in [0, 0.1) is 24.7 Å². The maximum atomic E-state index is 11.5. The van der Waals surface area contributed by atoms with E-state index in [0.29, 0.717) is 26.2 Å².